The first kappa shape index (κ1) is 22.8. The van der Waals surface area contributed by atoms with Gasteiger partial charge in [0.2, 0.25) is 0 Å². The fourth-order valence-electron chi connectivity index (χ4n) is 4.26. The van der Waals surface area contributed by atoms with Crippen LogP contribution in [0.2, 0.25) is 0 Å². The van der Waals surface area contributed by atoms with Gasteiger partial charge in [-0.05, 0) is 58.2 Å². The summed E-state index contributed by atoms with van der Waals surface area (Å²) in [6, 6.07) is 47.4. The van der Waals surface area contributed by atoms with E-state index in [0.29, 0.717) is 0 Å². The van der Waals surface area contributed by atoms with E-state index in [4.69, 9.17) is 4.74 Å². The average Bonchev–Trinajstić information content (AvgIpc) is 2.94. The molecule has 5 aromatic rings. The molecule has 0 unspecified atom stereocenters. The highest BCUT2D eigenvalue weighted by molar-refractivity contribution is 7.80. The molecule has 35 heavy (non-hydrogen) atoms. The number of methoxy groups -OCH3 is 1. The molecule has 5 rings (SSSR count). The monoisotopic (exact) mass is 470 g/mol. The van der Waals surface area contributed by atoms with Gasteiger partial charge in [-0.3, -0.25) is 0 Å². The van der Waals surface area contributed by atoms with E-state index in [-0.39, 0.29) is 0 Å². The van der Waals surface area contributed by atoms with Crippen molar-refractivity contribution in [3.05, 3.63) is 145 Å². The van der Waals surface area contributed by atoms with E-state index in [9.17, 15) is 0 Å². The molecule has 2 heteroatoms. The minimum atomic E-state index is -0.771. The van der Waals surface area contributed by atoms with Gasteiger partial charge < -0.3 is 4.74 Å². The molecule has 5 aromatic carbocycles. The van der Waals surface area contributed by atoms with Gasteiger partial charge in [0.25, 0.3) is 0 Å². The van der Waals surface area contributed by atoms with Gasteiger partial charge in [0.15, 0.2) is 0 Å². The summed E-state index contributed by atoms with van der Waals surface area (Å²) in [7, 11) is 0.925. The maximum Gasteiger partial charge on any atom is 0.118 e. The maximum absolute atomic E-state index is 5.32. The zero-order chi connectivity index (χ0) is 23.9. The molecule has 0 spiro atoms. The summed E-state index contributed by atoms with van der Waals surface area (Å²) in [4.78, 5) is 0. The molecular formula is C33H27OP. The van der Waals surface area contributed by atoms with Gasteiger partial charge in [0, 0.05) is 0 Å². The first-order valence-electron chi connectivity index (χ1n) is 11.7. The highest BCUT2D eigenvalue weighted by Gasteiger charge is 2.22. The van der Waals surface area contributed by atoms with Gasteiger partial charge in [-0.2, -0.15) is 0 Å². The maximum atomic E-state index is 5.32. The van der Waals surface area contributed by atoms with Crippen LogP contribution in [-0.4, -0.2) is 7.11 Å². The predicted octanol–water partition coefficient (Wildman–Crippen LogP) is 7.29. The van der Waals surface area contributed by atoms with Crippen LogP contribution in [0.5, 0.6) is 5.75 Å². The summed E-state index contributed by atoms with van der Waals surface area (Å²) < 4.78 is 5.32. The van der Waals surface area contributed by atoms with Crippen molar-refractivity contribution < 1.29 is 4.74 Å². The molecule has 0 fully saturated rings. The quantitative estimate of drug-likeness (QED) is 0.179. The Hall–Kier alpha value is -3.93. The molecule has 0 aromatic heterocycles. The minimum absolute atomic E-state index is 0.771. The Morgan fingerprint density at radius 3 is 1.69 bits per heavy atom. The van der Waals surface area contributed by atoms with Crippen LogP contribution in [0.1, 0.15) is 11.1 Å². The second-order valence-corrected chi connectivity index (χ2v) is 10.4. The third-order valence-corrected chi connectivity index (χ3v) is 8.55. The Balaban J connectivity index is 1.71. The van der Waals surface area contributed by atoms with Crippen molar-refractivity contribution in [2.45, 2.75) is 0 Å². The smallest absolute Gasteiger partial charge is 0.118 e. The first-order valence-corrected chi connectivity index (χ1v) is 13.1. The van der Waals surface area contributed by atoms with Gasteiger partial charge in [0.1, 0.15) is 5.75 Å². The summed E-state index contributed by atoms with van der Waals surface area (Å²) >= 11 is 0. The summed E-state index contributed by atoms with van der Waals surface area (Å²) in [6.45, 7) is 0. The lowest BCUT2D eigenvalue weighted by atomic mass is 10.0. The number of hydrogen-bond acceptors (Lipinski definition) is 1. The topological polar surface area (TPSA) is 9.23 Å². The Labute approximate surface area is 209 Å². The van der Waals surface area contributed by atoms with E-state index in [1.807, 2.05) is 12.1 Å². The number of ether oxygens (including phenoxy) is 1. The third-order valence-electron chi connectivity index (χ3n) is 5.98. The van der Waals surface area contributed by atoms with E-state index in [2.05, 4.69) is 133 Å². The molecule has 0 N–H and O–H groups in total. The normalized spacial score (nSPS) is 11.1. The van der Waals surface area contributed by atoms with Crippen molar-refractivity contribution in [3.63, 3.8) is 0 Å². The summed E-state index contributed by atoms with van der Waals surface area (Å²) in [6.07, 6.45) is 4.45. The third kappa shape index (κ3) is 5.27. The molecule has 1 nitrogen and oxygen atoms in total. The van der Waals surface area contributed by atoms with E-state index in [0.717, 1.165) is 11.3 Å². The number of rotatable bonds is 7. The molecule has 0 aliphatic carbocycles. The summed E-state index contributed by atoms with van der Waals surface area (Å²) in [5, 5.41) is 4.06. The van der Waals surface area contributed by atoms with E-state index >= 15 is 0 Å². The van der Waals surface area contributed by atoms with Gasteiger partial charge in [-0.15, -0.1) is 0 Å². The Morgan fingerprint density at radius 2 is 1.11 bits per heavy atom. The largest absolute Gasteiger partial charge is 0.497 e. The number of benzene rings is 5. The lowest BCUT2D eigenvalue weighted by molar-refractivity contribution is 0.415. The van der Waals surface area contributed by atoms with Crippen LogP contribution in [0.3, 0.4) is 0 Å². The van der Waals surface area contributed by atoms with Crippen molar-refractivity contribution in [3.8, 4) is 16.9 Å². The van der Waals surface area contributed by atoms with Crippen LogP contribution < -0.4 is 20.7 Å². The minimum Gasteiger partial charge on any atom is -0.497 e. The Bertz CT molecular complexity index is 1350. The highest BCUT2D eigenvalue weighted by Crippen LogP contribution is 2.39. The molecule has 0 radical (unpaired) electrons. The lowest BCUT2D eigenvalue weighted by Gasteiger charge is -2.24. The van der Waals surface area contributed by atoms with Crippen LogP contribution in [0.25, 0.3) is 23.3 Å². The van der Waals surface area contributed by atoms with Crippen LogP contribution in [0.15, 0.2) is 133 Å². The lowest BCUT2D eigenvalue weighted by Crippen LogP contribution is -2.24. The molecule has 0 amide bonds. The molecule has 0 bridgehead atoms. The second-order valence-electron chi connectivity index (χ2n) is 8.22. The van der Waals surface area contributed by atoms with Crippen molar-refractivity contribution in [2.75, 3.05) is 7.11 Å². The molecule has 0 heterocycles. The van der Waals surface area contributed by atoms with E-state index in [1.165, 1.54) is 32.6 Å². The van der Waals surface area contributed by atoms with Gasteiger partial charge in [0.05, 0.1) is 7.11 Å². The Kier molecular flexibility index (Phi) is 7.18. The zero-order valence-electron chi connectivity index (χ0n) is 19.7. The van der Waals surface area contributed by atoms with Crippen molar-refractivity contribution in [2.24, 2.45) is 0 Å². The molecule has 170 valence electrons. The fraction of sp³-hybridized carbons (Fsp3) is 0.0303. The van der Waals surface area contributed by atoms with Gasteiger partial charge in [-0.1, -0.05) is 133 Å². The highest BCUT2D eigenvalue weighted by atomic mass is 31.1. The van der Waals surface area contributed by atoms with Crippen LogP contribution >= 0.6 is 7.92 Å². The molecule has 0 atom stereocenters. The van der Waals surface area contributed by atoms with Crippen molar-refractivity contribution >= 4 is 36.0 Å². The van der Waals surface area contributed by atoms with E-state index in [1.54, 1.807) is 7.11 Å². The summed E-state index contributed by atoms with van der Waals surface area (Å²) in [5.74, 6) is 0.866. The first-order chi connectivity index (χ1) is 17.3. The van der Waals surface area contributed by atoms with E-state index < -0.39 is 7.92 Å². The Morgan fingerprint density at radius 1 is 0.543 bits per heavy atom. The van der Waals surface area contributed by atoms with Crippen LogP contribution in [0, 0.1) is 0 Å². The van der Waals surface area contributed by atoms with Gasteiger partial charge >= 0.3 is 0 Å². The van der Waals surface area contributed by atoms with Crippen LogP contribution in [0.4, 0.5) is 0 Å². The molecule has 0 aliphatic rings. The van der Waals surface area contributed by atoms with Crippen molar-refractivity contribution in [1.29, 1.82) is 0 Å². The van der Waals surface area contributed by atoms with Gasteiger partial charge in [-0.25, -0.2) is 0 Å². The number of hydrogen-bond donors (Lipinski definition) is 0. The molecule has 0 aliphatic heterocycles. The molecule has 0 saturated heterocycles. The van der Waals surface area contributed by atoms with Crippen LogP contribution in [-0.2, 0) is 0 Å². The predicted molar refractivity (Wildman–Crippen MR) is 153 cm³/mol. The average molecular weight is 471 g/mol. The zero-order valence-corrected chi connectivity index (χ0v) is 20.6. The molecular weight excluding hydrogens is 443 g/mol. The standard InChI is InChI=1S/C33H27OP/c1-34-29-24-21-26(22-25-29)20-23-28-14-11-19-32(27-12-5-2-6-13-27)33(28)35(30-15-7-3-8-16-30)31-17-9-4-10-18-31/h2-25H,1H3. The second kappa shape index (κ2) is 11.0. The van der Waals surface area contributed by atoms with Crippen molar-refractivity contribution in [1.82, 2.24) is 0 Å². The fourth-order valence-corrected chi connectivity index (χ4v) is 6.87. The summed E-state index contributed by atoms with van der Waals surface area (Å²) in [5.41, 5.74) is 4.90. The molecule has 0 saturated carbocycles. The SMILES string of the molecule is COc1ccc(C=Cc2cccc(-c3ccccc3)c2P(c2ccccc2)c2ccccc2)cc1.